The van der Waals surface area contributed by atoms with Gasteiger partial charge in [-0.25, -0.2) is 0 Å². The Kier molecular flexibility index (Phi) is 7.47. The van der Waals surface area contributed by atoms with Gasteiger partial charge in [0.05, 0.1) is 16.4 Å². The molecule has 0 saturated heterocycles. The van der Waals surface area contributed by atoms with E-state index in [0.717, 1.165) is 42.0 Å². The second kappa shape index (κ2) is 8.60. The van der Waals surface area contributed by atoms with Gasteiger partial charge in [0.25, 0.3) is 0 Å². The summed E-state index contributed by atoms with van der Waals surface area (Å²) in [5.41, 5.74) is 2.05. The predicted octanol–water partition coefficient (Wildman–Crippen LogP) is 4.17. The average Bonchev–Trinajstić information content (AvgIpc) is 2.69. The number of nitrogens with one attached hydrogen (secondary N) is 1. The Balaban J connectivity index is 2.48. The van der Waals surface area contributed by atoms with Crippen LogP contribution in [0, 0.1) is 12.8 Å². The monoisotopic (exact) mass is 285 g/mol. The molecule has 19 heavy (non-hydrogen) atoms. The molecule has 1 rings (SSSR count). The smallest absolute Gasteiger partial charge is 0.0860 e. The Bertz CT molecular complexity index is 374. The maximum Gasteiger partial charge on any atom is 0.0860 e. The summed E-state index contributed by atoms with van der Waals surface area (Å²) in [6.07, 6.45) is 5.17. The Morgan fingerprint density at radius 3 is 2.63 bits per heavy atom. The molecule has 1 N–H and O–H groups in total. The first-order chi connectivity index (χ1) is 9.13. The van der Waals surface area contributed by atoms with Crippen molar-refractivity contribution in [2.45, 2.75) is 66.5 Å². The molecule has 110 valence electrons. The van der Waals surface area contributed by atoms with Crippen LogP contribution in [0.15, 0.2) is 0 Å². The van der Waals surface area contributed by atoms with Gasteiger partial charge in [0.15, 0.2) is 0 Å². The second-order valence-electron chi connectivity index (χ2n) is 5.21. The molecule has 1 atom stereocenters. The van der Waals surface area contributed by atoms with E-state index in [4.69, 9.17) is 11.6 Å². The number of nitrogens with zero attached hydrogens (tertiary/aromatic N) is 2. The average molecular weight is 286 g/mol. The van der Waals surface area contributed by atoms with Crippen LogP contribution >= 0.6 is 11.6 Å². The molecule has 0 bridgehead atoms. The van der Waals surface area contributed by atoms with Crippen LogP contribution < -0.4 is 5.32 Å². The number of rotatable bonds is 9. The molecule has 1 aromatic rings. The van der Waals surface area contributed by atoms with Crippen LogP contribution in [0.5, 0.6) is 0 Å². The van der Waals surface area contributed by atoms with Crippen molar-refractivity contribution in [3.8, 4) is 0 Å². The summed E-state index contributed by atoms with van der Waals surface area (Å²) in [6, 6.07) is 0. The summed E-state index contributed by atoms with van der Waals surface area (Å²) in [6.45, 7) is 11.4. The van der Waals surface area contributed by atoms with Crippen LogP contribution in [0.1, 0.15) is 57.8 Å². The molecule has 0 aliphatic heterocycles. The van der Waals surface area contributed by atoms with Crippen molar-refractivity contribution < 1.29 is 0 Å². The number of aromatic nitrogens is 2. The fourth-order valence-electron chi connectivity index (χ4n) is 2.38. The van der Waals surface area contributed by atoms with Gasteiger partial charge in [-0.15, -0.1) is 0 Å². The van der Waals surface area contributed by atoms with Crippen LogP contribution in [0.3, 0.4) is 0 Å². The number of aryl methyl sites for hydroxylation is 2. The minimum absolute atomic E-state index is 0.776. The zero-order valence-corrected chi connectivity index (χ0v) is 13.6. The third kappa shape index (κ3) is 4.81. The van der Waals surface area contributed by atoms with E-state index in [1.165, 1.54) is 25.7 Å². The Labute approximate surface area is 122 Å². The normalized spacial score (nSPS) is 12.9. The third-order valence-electron chi connectivity index (χ3n) is 3.72. The molecule has 4 heteroatoms. The summed E-state index contributed by atoms with van der Waals surface area (Å²) in [4.78, 5) is 0. The Morgan fingerprint density at radius 2 is 2.05 bits per heavy atom. The van der Waals surface area contributed by atoms with Gasteiger partial charge in [0.2, 0.25) is 0 Å². The topological polar surface area (TPSA) is 29.9 Å². The first kappa shape index (κ1) is 16.5. The maximum atomic E-state index is 6.30. The summed E-state index contributed by atoms with van der Waals surface area (Å²) < 4.78 is 2.00. The van der Waals surface area contributed by atoms with Crippen molar-refractivity contribution >= 4 is 11.6 Å². The van der Waals surface area contributed by atoms with Gasteiger partial charge in [0, 0.05) is 13.1 Å². The van der Waals surface area contributed by atoms with E-state index in [1.807, 2.05) is 11.6 Å². The van der Waals surface area contributed by atoms with Gasteiger partial charge in [0.1, 0.15) is 0 Å². The molecule has 0 spiro atoms. The first-order valence-electron chi connectivity index (χ1n) is 7.56. The summed E-state index contributed by atoms with van der Waals surface area (Å²) in [5.74, 6) is 0.776. The lowest BCUT2D eigenvalue weighted by molar-refractivity contribution is 0.414. The summed E-state index contributed by atoms with van der Waals surface area (Å²) in [7, 11) is 0. The highest BCUT2D eigenvalue weighted by atomic mass is 35.5. The van der Waals surface area contributed by atoms with Crippen LogP contribution in [-0.4, -0.2) is 16.3 Å². The van der Waals surface area contributed by atoms with Crippen molar-refractivity contribution in [1.29, 1.82) is 0 Å². The molecule has 0 radical (unpaired) electrons. The maximum absolute atomic E-state index is 6.30. The van der Waals surface area contributed by atoms with Crippen molar-refractivity contribution in [1.82, 2.24) is 15.1 Å². The number of hydrogen-bond donors (Lipinski definition) is 1. The lowest BCUT2D eigenvalue weighted by Gasteiger charge is -2.15. The van der Waals surface area contributed by atoms with Crippen molar-refractivity contribution in [3.05, 3.63) is 16.4 Å². The van der Waals surface area contributed by atoms with Crippen molar-refractivity contribution in [2.75, 3.05) is 6.54 Å². The molecular formula is C15H28ClN3. The lowest BCUT2D eigenvalue weighted by atomic mass is 9.99. The lowest BCUT2D eigenvalue weighted by Crippen LogP contribution is -2.23. The molecule has 1 unspecified atom stereocenters. The van der Waals surface area contributed by atoms with E-state index in [9.17, 15) is 0 Å². The molecule has 0 saturated carbocycles. The van der Waals surface area contributed by atoms with Crippen molar-refractivity contribution in [3.63, 3.8) is 0 Å². The molecule has 1 heterocycles. The Morgan fingerprint density at radius 1 is 1.32 bits per heavy atom. The third-order valence-corrected chi connectivity index (χ3v) is 4.21. The fourth-order valence-corrected chi connectivity index (χ4v) is 2.58. The molecule has 0 aliphatic carbocycles. The fraction of sp³-hybridized carbons (Fsp3) is 0.800. The molecule has 0 amide bonds. The van der Waals surface area contributed by atoms with Crippen LogP contribution in [0.25, 0.3) is 0 Å². The predicted molar refractivity (Wildman–Crippen MR) is 82.7 cm³/mol. The molecular weight excluding hydrogens is 258 g/mol. The van der Waals surface area contributed by atoms with Crippen LogP contribution in [0.4, 0.5) is 0 Å². The Hall–Kier alpha value is -0.540. The van der Waals surface area contributed by atoms with E-state index in [1.54, 1.807) is 0 Å². The minimum Gasteiger partial charge on any atom is -0.311 e. The molecule has 0 aromatic carbocycles. The second-order valence-corrected chi connectivity index (χ2v) is 5.59. The standard InChI is InChI=1S/C15H28ClN3/c1-5-8-9-13(6-2)10-17-11-14-15(16)12(4)18-19(14)7-3/h13,17H,5-11H2,1-4H3. The number of hydrogen-bond acceptors (Lipinski definition) is 2. The van der Waals surface area contributed by atoms with Crippen molar-refractivity contribution in [2.24, 2.45) is 5.92 Å². The number of unbranched alkanes of at least 4 members (excludes halogenated alkanes) is 1. The van der Waals surface area contributed by atoms with E-state index >= 15 is 0 Å². The zero-order chi connectivity index (χ0) is 14.3. The highest BCUT2D eigenvalue weighted by Gasteiger charge is 2.12. The minimum atomic E-state index is 0.776. The largest absolute Gasteiger partial charge is 0.311 e. The van der Waals surface area contributed by atoms with E-state index < -0.39 is 0 Å². The van der Waals surface area contributed by atoms with Gasteiger partial charge >= 0.3 is 0 Å². The zero-order valence-electron chi connectivity index (χ0n) is 12.8. The van der Waals surface area contributed by atoms with E-state index in [2.05, 4.69) is 31.2 Å². The highest BCUT2D eigenvalue weighted by molar-refractivity contribution is 6.31. The van der Waals surface area contributed by atoms with Crippen LogP contribution in [0.2, 0.25) is 5.02 Å². The SMILES string of the molecule is CCCCC(CC)CNCc1c(Cl)c(C)nn1CC. The highest BCUT2D eigenvalue weighted by Crippen LogP contribution is 2.20. The van der Waals surface area contributed by atoms with E-state index in [0.29, 0.717) is 0 Å². The van der Waals surface area contributed by atoms with Gasteiger partial charge in [-0.2, -0.15) is 5.10 Å². The van der Waals surface area contributed by atoms with Crippen LogP contribution in [-0.2, 0) is 13.1 Å². The van der Waals surface area contributed by atoms with Gasteiger partial charge in [-0.05, 0) is 32.7 Å². The summed E-state index contributed by atoms with van der Waals surface area (Å²) in [5, 5.41) is 8.80. The molecule has 1 aromatic heterocycles. The summed E-state index contributed by atoms with van der Waals surface area (Å²) >= 11 is 6.30. The number of halogens is 1. The quantitative estimate of drug-likeness (QED) is 0.738. The van der Waals surface area contributed by atoms with Gasteiger partial charge in [-0.1, -0.05) is 44.7 Å². The first-order valence-corrected chi connectivity index (χ1v) is 7.94. The van der Waals surface area contributed by atoms with E-state index in [-0.39, 0.29) is 0 Å². The van der Waals surface area contributed by atoms with Gasteiger partial charge in [-0.3, -0.25) is 4.68 Å². The molecule has 0 aliphatic rings. The van der Waals surface area contributed by atoms with Gasteiger partial charge < -0.3 is 5.32 Å². The molecule has 0 fully saturated rings. The molecule has 3 nitrogen and oxygen atoms in total.